The Balaban J connectivity index is 1.51. The van der Waals surface area contributed by atoms with Crippen LogP contribution < -0.4 is 4.90 Å². The van der Waals surface area contributed by atoms with E-state index in [1.165, 1.54) is 12.1 Å². The number of anilines is 1. The van der Waals surface area contributed by atoms with Crippen molar-refractivity contribution < 1.29 is 19.1 Å². The van der Waals surface area contributed by atoms with E-state index >= 15 is 0 Å². The third-order valence-electron chi connectivity index (χ3n) is 7.00. The van der Waals surface area contributed by atoms with E-state index in [0.717, 1.165) is 36.9 Å². The van der Waals surface area contributed by atoms with Crippen LogP contribution >= 0.6 is 0 Å². The summed E-state index contributed by atoms with van der Waals surface area (Å²) in [4.78, 5) is 29.9. The van der Waals surface area contributed by atoms with Gasteiger partial charge < -0.3 is 14.9 Å². The number of halogens is 1. The summed E-state index contributed by atoms with van der Waals surface area (Å²) < 4.78 is 14.3. The Bertz CT molecular complexity index is 988. The van der Waals surface area contributed by atoms with Gasteiger partial charge in [-0.15, -0.1) is 0 Å². The molecule has 3 aliphatic rings. The molecule has 1 aliphatic carbocycles. The Morgan fingerprint density at radius 3 is 2.47 bits per heavy atom. The maximum absolute atomic E-state index is 14.3. The molecule has 0 unspecified atom stereocenters. The quantitative estimate of drug-likeness (QED) is 0.848. The normalized spacial score (nSPS) is 25.5. The molecule has 156 valence electrons. The fourth-order valence-electron chi connectivity index (χ4n) is 5.54. The van der Waals surface area contributed by atoms with Crippen molar-refractivity contribution in [1.82, 2.24) is 4.90 Å². The second-order valence-corrected chi connectivity index (χ2v) is 8.52. The maximum Gasteiger partial charge on any atom is 0.257 e. The molecule has 1 saturated carbocycles. The number of rotatable bonds is 3. The van der Waals surface area contributed by atoms with Crippen LogP contribution in [-0.4, -0.2) is 47.1 Å². The average Bonchev–Trinajstić information content (AvgIpc) is 3.29. The van der Waals surface area contributed by atoms with Crippen molar-refractivity contribution >= 4 is 17.5 Å². The first-order chi connectivity index (χ1) is 14.6. The van der Waals surface area contributed by atoms with Gasteiger partial charge in [0.1, 0.15) is 5.82 Å². The zero-order valence-electron chi connectivity index (χ0n) is 16.7. The van der Waals surface area contributed by atoms with E-state index in [-0.39, 0.29) is 36.0 Å². The van der Waals surface area contributed by atoms with E-state index in [0.29, 0.717) is 6.54 Å². The molecular weight excluding hydrogens is 383 g/mol. The number of carbonyl (C=O) groups excluding carboxylic acids is 2. The SMILES string of the molecule is O=C(C1CCCC1)N1C[C@H]2[C@@H](c3ccccc31)[C@H](CO)N2C(=O)c1ccccc1F. The summed E-state index contributed by atoms with van der Waals surface area (Å²) in [5.41, 5.74) is 1.87. The molecule has 0 radical (unpaired) electrons. The van der Waals surface area contributed by atoms with Gasteiger partial charge in [-0.3, -0.25) is 9.59 Å². The van der Waals surface area contributed by atoms with E-state index < -0.39 is 17.8 Å². The number of carbonyl (C=O) groups is 2. The smallest absolute Gasteiger partial charge is 0.257 e. The number of fused-ring (bicyclic) bond motifs is 3. The molecule has 2 amide bonds. The number of likely N-dealkylation sites (tertiary alicyclic amines) is 1. The molecule has 5 nitrogen and oxygen atoms in total. The topological polar surface area (TPSA) is 60.9 Å². The highest BCUT2D eigenvalue weighted by Gasteiger charge is 2.55. The van der Waals surface area contributed by atoms with E-state index in [1.54, 1.807) is 17.0 Å². The molecule has 3 atom stereocenters. The van der Waals surface area contributed by atoms with Crippen LogP contribution in [0.25, 0.3) is 0 Å². The summed E-state index contributed by atoms with van der Waals surface area (Å²) in [5, 5.41) is 10.1. The molecular formula is C24H25FN2O3. The predicted molar refractivity (Wildman–Crippen MR) is 111 cm³/mol. The van der Waals surface area contributed by atoms with Crippen LogP contribution in [0.15, 0.2) is 48.5 Å². The van der Waals surface area contributed by atoms with Crippen molar-refractivity contribution in [3.63, 3.8) is 0 Å². The van der Waals surface area contributed by atoms with Crippen LogP contribution in [0.5, 0.6) is 0 Å². The standard InChI is InChI=1S/C24H25FN2O3/c25-18-11-5-3-9-16(18)24(30)27-20-13-26(23(29)15-7-1-2-8-15)19-12-6-4-10-17(19)22(20)21(27)14-28/h3-6,9-12,15,20-22,28H,1-2,7-8,13-14H2/t20-,21-,22+/m0/s1. The predicted octanol–water partition coefficient (Wildman–Crippen LogP) is 3.33. The number of aliphatic hydroxyl groups excluding tert-OH is 1. The molecule has 30 heavy (non-hydrogen) atoms. The molecule has 2 fully saturated rings. The summed E-state index contributed by atoms with van der Waals surface area (Å²) in [5.74, 6) is -0.920. The third-order valence-corrected chi connectivity index (χ3v) is 7.00. The Morgan fingerprint density at radius 2 is 1.73 bits per heavy atom. The van der Waals surface area contributed by atoms with Crippen molar-refractivity contribution in [2.24, 2.45) is 5.92 Å². The van der Waals surface area contributed by atoms with Gasteiger partial charge in [-0.2, -0.15) is 0 Å². The van der Waals surface area contributed by atoms with Crippen LogP contribution in [0.2, 0.25) is 0 Å². The average molecular weight is 408 g/mol. The van der Waals surface area contributed by atoms with Gasteiger partial charge in [0.15, 0.2) is 0 Å². The number of hydrogen-bond acceptors (Lipinski definition) is 3. The summed E-state index contributed by atoms with van der Waals surface area (Å²) in [6.07, 6.45) is 3.95. The molecule has 6 heteroatoms. The van der Waals surface area contributed by atoms with Crippen LogP contribution in [0.1, 0.15) is 47.5 Å². The lowest BCUT2D eigenvalue weighted by molar-refractivity contribution is -0.123. The molecule has 1 saturated heterocycles. The highest BCUT2D eigenvalue weighted by Crippen LogP contribution is 2.49. The second kappa shape index (κ2) is 7.51. The molecule has 2 heterocycles. The fourth-order valence-corrected chi connectivity index (χ4v) is 5.54. The number of aliphatic hydroxyl groups is 1. The lowest BCUT2D eigenvalue weighted by Crippen LogP contribution is -2.71. The van der Waals surface area contributed by atoms with Crippen molar-refractivity contribution in [2.45, 2.75) is 43.7 Å². The third kappa shape index (κ3) is 2.85. The van der Waals surface area contributed by atoms with E-state index in [4.69, 9.17) is 0 Å². The van der Waals surface area contributed by atoms with E-state index in [2.05, 4.69) is 0 Å². The first-order valence-corrected chi connectivity index (χ1v) is 10.7. The molecule has 0 spiro atoms. The van der Waals surface area contributed by atoms with Gasteiger partial charge in [-0.05, 0) is 36.6 Å². The van der Waals surface area contributed by atoms with E-state index in [1.807, 2.05) is 29.2 Å². The van der Waals surface area contributed by atoms with Crippen LogP contribution in [0.3, 0.4) is 0 Å². The van der Waals surface area contributed by atoms with Gasteiger partial charge in [0.2, 0.25) is 5.91 Å². The first-order valence-electron chi connectivity index (χ1n) is 10.7. The Morgan fingerprint density at radius 1 is 1.03 bits per heavy atom. The number of hydrogen-bond donors (Lipinski definition) is 1. The molecule has 0 bridgehead atoms. The highest BCUT2D eigenvalue weighted by molar-refractivity contribution is 5.99. The van der Waals surface area contributed by atoms with Crippen molar-refractivity contribution in [3.8, 4) is 0 Å². The molecule has 1 N–H and O–H groups in total. The number of nitrogens with zero attached hydrogens (tertiary/aromatic N) is 2. The zero-order valence-corrected chi connectivity index (χ0v) is 16.7. The number of amides is 2. The summed E-state index contributed by atoms with van der Waals surface area (Å²) in [6, 6.07) is 13.0. The molecule has 2 aliphatic heterocycles. The Labute approximate surface area is 175 Å². The summed E-state index contributed by atoms with van der Waals surface area (Å²) in [6.45, 7) is 0.181. The maximum atomic E-state index is 14.3. The highest BCUT2D eigenvalue weighted by atomic mass is 19.1. The van der Waals surface area contributed by atoms with Gasteiger partial charge in [-0.1, -0.05) is 43.2 Å². The molecule has 0 aromatic heterocycles. The van der Waals surface area contributed by atoms with Gasteiger partial charge in [-0.25, -0.2) is 4.39 Å². The van der Waals surface area contributed by atoms with Crippen molar-refractivity contribution in [2.75, 3.05) is 18.1 Å². The fraction of sp³-hybridized carbons (Fsp3) is 0.417. The largest absolute Gasteiger partial charge is 0.394 e. The molecule has 5 rings (SSSR count). The van der Waals surface area contributed by atoms with Gasteiger partial charge in [0, 0.05) is 24.1 Å². The summed E-state index contributed by atoms with van der Waals surface area (Å²) >= 11 is 0. The molecule has 2 aromatic carbocycles. The number of benzene rings is 2. The lowest BCUT2D eigenvalue weighted by atomic mass is 9.71. The Hall–Kier alpha value is -2.73. The monoisotopic (exact) mass is 408 g/mol. The Kier molecular flexibility index (Phi) is 4.82. The zero-order chi connectivity index (χ0) is 20.8. The van der Waals surface area contributed by atoms with E-state index in [9.17, 15) is 19.1 Å². The van der Waals surface area contributed by atoms with Gasteiger partial charge in [0.25, 0.3) is 5.91 Å². The minimum Gasteiger partial charge on any atom is -0.394 e. The van der Waals surface area contributed by atoms with Crippen molar-refractivity contribution in [1.29, 1.82) is 0 Å². The van der Waals surface area contributed by atoms with Crippen LogP contribution in [0.4, 0.5) is 10.1 Å². The van der Waals surface area contributed by atoms with Crippen LogP contribution in [0, 0.1) is 11.7 Å². The van der Waals surface area contributed by atoms with Gasteiger partial charge in [0.05, 0.1) is 24.3 Å². The second-order valence-electron chi connectivity index (χ2n) is 8.52. The minimum absolute atomic E-state index is 0.00179. The first kappa shape index (κ1) is 19.2. The van der Waals surface area contributed by atoms with Crippen molar-refractivity contribution in [3.05, 3.63) is 65.5 Å². The lowest BCUT2D eigenvalue weighted by Gasteiger charge is -2.59. The van der Waals surface area contributed by atoms with Crippen LogP contribution in [-0.2, 0) is 4.79 Å². The minimum atomic E-state index is -0.572. The van der Waals surface area contributed by atoms with Gasteiger partial charge >= 0.3 is 0 Å². The number of para-hydroxylation sites is 1. The molecule has 2 aromatic rings. The summed E-state index contributed by atoms with van der Waals surface area (Å²) in [7, 11) is 0.